The van der Waals surface area contributed by atoms with Crippen molar-refractivity contribution in [3.63, 3.8) is 0 Å². The average molecular weight is 498 g/mol. The van der Waals surface area contributed by atoms with E-state index in [1.165, 1.54) is 0 Å². The van der Waals surface area contributed by atoms with Crippen molar-refractivity contribution in [3.8, 4) is 28.6 Å². The molecule has 3 aromatic heterocycles. The molecule has 0 amide bonds. The lowest BCUT2D eigenvalue weighted by Gasteiger charge is -2.25. The third-order valence-electron chi connectivity index (χ3n) is 5.76. The first-order valence-electron chi connectivity index (χ1n) is 11.8. The number of hydrogen-bond acceptors (Lipinski definition) is 9. The maximum atomic E-state index is 5.59. The van der Waals surface area contributed by atoms with E-state index in [0.717, 1.165) is 33.7 Å². The Bertz CT molecular complexity index is 1510. The Balaban J connectivity index is 1.61. The molecule has 0 saturated carbocycles. The topological polar surface area (TPSA) is 100 Å². The largest absolute Gasteiger partial charge is 0.497 e. The number of aryl methyl sites for hydroxylation is 1. The summed E-state index contributed by atoms with van der Waals surface area (Å²) in [5.74, 6) is 2.47. The minimum Gasteiger partial charge on any atom is -0.497 e. The molecule has 0 aliphatic carbocycles. The predicted octanol–water partition coefficient (Wildman–Crippen LogP) is 4.57. The Labute approximate surface area is 214 Å². The van der Waals surface area contributed by atoms with Crippen molar-refractivity contribution in [2.24, 2.45) is 7.05 Å². The van der Waals surface area contributed by atoms with E-state index in [2.05, 4.69) is 25.0 Å². The highest BCUT2D eigenvalue weighted by Crippen LogP contribution is 2.35. The zero-order valence-corrected chi connectivity index (χ0v) is 21.1. The smallest absolute Gasteiger partial charge is 0.216 e. The normalized spacial score (nSPS) is 10.9. The van der Waals surface area contributed by atoms with Crippen LogP contribution in [0, 0.1) is 0 Å². The van der Waals surface area contributed by atoms with E-state index in [9.17, 15) is 0 Å². The second kappa shape index (κ2) is 10.5. The molecule has 0 radical (unpaired) electrons. The van der Waals surface area contributed by atoms with Crippen molar-refractivity contribution in [2.75, 3.05) is 25.7 Å². The van der Waals surface area contributed by atoms with Crippen molar-refractivity contribution in [2.45, 2.75) is 13.5 Å². The third-order valence-corrected chi connectivity index (χ3v) is 5.76. The summed E-state index contributed by atoms with van der Waals surface area (Å²) >= 11 is 0. The van der Waals surface area contributed by atoms with Crippen LogP contribution in [0.3, 0.4) is 0 Å². The van der Waals surface area contributed by atoms with Crippen molar-refractivity contribution in [1.29, 1.82) is 0 Å². The van der Waals surface area contributed by atoms with Gasteiger partial charge in [-0.1, -0.05) is 0 Å². The summed E-state index contributed by atoms with van der Waals surface area (Å²) in [4.78, 5) is 20.6. The molecule has 0 N–H and O–H groups in total. The first-order valence-corrected chi connectivity index (χ1v) is 11.8. The van der Waals surface area contributed by atoms with E-state index in [4.69, 9.17) is 19.2 Å². The summed E-state index contributed by atoms with van der Waals surface area (Å²) in [5.41, 5.74) is 4.91. The van der Waals surface area contributed by atoms with Gasteiger partial charge < -0.3 is 19.1 Å². The van der Waals surface area contributed by atoms with Crippen molar-refractivity contribution >= 4 is 22.4 Å². The number of anilines is 2. The molecule has 5 rings (SSSR count). The van der Waals surface area contributed by atoms with E-state index >= 15 is 0 Å². The molecule has 3 heterocycles. The molecule has 0 saturated heterocycles. The van der Waals surface area contributed by atoms with E-state index in [0.29, 0.717) is 36.4 Å². The van der Waals surface area contributed by atoms with Gasteiger partial charge in [0.05, 0.1) is 56.5 Å². The Morgan fingerprint density at radius 3 is 2.38 bits per heavy atom. The Morgan fingerprint density at radius 2 is 1.68 bits per heavy atom. The zero-order valence-electron chi connectivity index (χ0n) is 21.1. The van der Waals surface area contributed by atoms with Gasteiger partial charge in [0.2, 0.25) is 5.88 Å². The Hall–Kier alpha value is -4.73. The number of benzene rings is 2. The molecule has 2 aromatic carbocycles. The molecule has 10 nitrogen and oxygen atoms in total. The SMILES string of the molecule is CCOc1ccnc(CN(c2cc(OC)cc(OC)c2)c2ccc3ncc(-c4cnn(C)c4)nc3c2)n1. The molecule has 0 atom stereocenters. The molecule has 0 aliphatic rings. The van der Waals surface area contributed by atoms with Crippen LogP contribution in [0.2, 0.25) is 0 Å². The number of hydrogen-bond donors (Lipinski definition) is 0. The monoisotopic (exact) mass is 497 g/mol. The molecular formula is C27H27N7O3. The third kappa shape index (κ3) is 5.27. The second-order valence-electron chi connectivity index (χ2n) is 8.23. The van der Waals surface area contributed by atoms with Crippen LogP contribution in [0.4, 0.5) is 11.4 Å². The predicted molar refractivity (Wildman–Crippen MR) is 140 cm³/mol. The van der Waals surface area contributed by atoms with Crippen molar-refractivity contribution in [3.05, 3.63) is 73.1 Å². The minimum atomic E-state index is 0.373. The second-order valence-corrected chi connectivity index (χ2v) is 8.23. The highest BCUT2D eigenvalue weighted by Gasteiger charge is 2.17. The lowest BCUT2D eigenvalue weighted by atomic mass is 10.2. The maximum absolute atomic E-state index is 5.59. The van der Waals surface area contributed by atoms with Crippen LogP contribution in [0.25, 0.3) is 22.3 Å². The highest BCUT2D eigenvalue weighted by atomic mass is 16.5. The number of aromatic nitrogens is 6. The Morgan fingerprint density at radius 1 is 0.865 bits per heavy atom. The Kier molecular flexibility index (Phi) is 6.80. The summed E-state index contributed by atoms with van der Waals surface area (Å²) in [5, 5.41) is 4.25. The number of fused-ring (bicyclic) bond motifs is 1. The van der Waals surface area contributed by atoms with Crippen molar-refractivity contribution < 1.29 is 14.2 Å². The molecule has 5 aromatic rings. The molecule has 0 bridgehead atoms. The lowest BCUT2D eigenvalue weighted by Crippen LogP contribution is -2.19. The highest BCUT2D eigenvalue weighted by molar-refractivity contribution is 5.82. The summed E-state index contributed by atoms with van der Waals surface area (Å²) in [7, 11) is 5.13. The van der Waals surface area contributed by atoms with Crippen LogP contribution >= 0.6 is 0 Å². The van der Waals surface area contributed by atoms with E-state index < -0.39 is 0 Å². The molecule has 37 heavy (non-hydrogen) atoms. The zero-order chi connectivity index (χ0) is 25.8. The van der Waals surface area contributed by atoms with E-state index in [1.54, 1.807) is 43.6 Å². The van der Waals surface area contributed by atoms with Gasteiger partial charge in [0.15, 0.2) is 5.82 Å². The fourth-order valence-corrected chi connectivity index (χ4v) is 3.97. The van der Waals surface area contributed by atoms with E-state index in [1.807, 2.05) is 56.6 Å². The van der Waals surface area contributed by atoms with Crippen molar-refractivity contribution in [1.82, 2.24) is 29.7 Å². The molecular weight excluding hydrogens is 470 g/mol. The van der Waals surface area contributed by atoms with Gasteiger partial charge in [0, 0.05) is 60.6 Å². The molecule has 0 fully saturated rings. The van der Waals surface area contributed by atoms with Crippen LogP contribution in [-0.2, 0) is 13.6 Å². The first-order chi connectivity index (χ1) is 18.1. The number of rotatable bonds is 9. The van der Waals surface area contributed by atoms with Gasteiger partial charge in [-0.2, -0.15) is 10.1 Å². The van der Waals surface area contributed by atoms with Crippen LogP contribution in [0.5, 0.6) is 17.4 Å². The number of nitrogens with zero attached hydrogens (tertiary/aromatic N) is 7. The fourth-order valence-electron chi connectivity index (χ4n) is 3.97. The number of methoxy groups -OCH3 is 2. The summed E-state index contributed by atoms with van der Waals surface area (Å²) in [6.07, 6.45) is 7.15. The molecule has 0 spiro atoms. The average Bonchev–Trinajstić information content (AvgIpc) is 3.37. The van der Waals surface area contributed by atoms with Gasteiger partial charge in [0.1, 0.15) is 11.5 Å². The van der Waals surface area contributed by atoms with E-state index in [-0.39, 0.29) is 0 Å². The summed E-state index contributed by atoms with van der Waals surface area (Å²) < 4.78 is 18.4. The lowest BCUT2D eigenvalue weighted by molar-refractivity contribution is 0.325. The van der Waals surface area contributed by atoms with Gasteiger partial charge in [-0.3, -0.25) is 9.67 Å². The van der Waals surface area contributed by atoms with Gasteiger partial charge in [-0.25, -0.2) is 9.97 Å². The fraction of sp³-hybridized carbons (Fsp3) is 0.222. The van der Waals surface area contributed by atoms with Crippen LogP contribution in [0.15, 0.2) is 67.3 Å². The maximum Gasteiger partial charge on any atom is 0.216 e. The standard InChI is InChI=1S/C27H27N7O3/c1-5-37-27-8-9-28-26(32-27)17-34(20-10-21(35-3)13-22(11-20)36-4)19-6-7-23-24(12-19)31-25(15-29-23)18-14-30-33(2)16-18/h6-16H,5,17H2,1-4H3. The minimum absolute atomic E-state index is 0.373. The molecule has 0 unspecified atom stereocenters. The van der Waals surface area contributed by atoms with Gasteiger partial charge in [0.25, 0.3) is 0 Å². The van der Waals surface area contributed by atoms with Crippen LogP contribution in [0.1, 0.15) is 12.7 Å². The first kappa shape index (κ1) is 24.0. The quantitative estimate of drug-likeness (QED) is 0.290. The molecule has 0 aliphatic heterocycles. The molecule has 188 valence electrons. The van der Waals surface area contributed by atoms with Crippen LogP contribution < -0.4 is 19.1 Å². The number of ether oxygens (including phenoxy) is 3. The molecule has 10 heteroatoms. The van der Waals surface area contributed by atoms with Gasteiger partial charge in [-0.05, 0) is 25.1 Å². The van der Waals surface area contributed by atoms with Crippen LogP contribution in [-0.4, -0.2) is 50.5 Å². The van der Waals surface area contributed by atoms with Gasteiger partial charge >= 0.3 is 0 Å². The summed E-state index contributed by atoms with van der Waals surface area (Å²) in [6.45, 7) is 2.82. The summed E-state index contributed by atoms with van der Waals surface area (Å²) in [6, 6.07) is 13.4. The van der Waals surface area contributed by atoms with Gasteiger partial charge in [-0.15, -0.1) is 0 Å².